The summed E-state index contributed by atoms with van der Waals surface area (Å²) in [5, 5.41) is 9.16. The van der Waals surface area contributed by atoms with Crippen LogP contribution in [-0.2, 0) is 16.2 Å². The lowest BCUT2D eigenvalue weighted by molar-refractivity contribution is 0.0210. The molecule has 0 aliphatic carbocycles. The van der Waals surface area contributed by atoms with E-state index in [9.17, 15) is 4.79 Å². The van der Waals surface area contributed by atoms with E-state index in [4.69, 9.17) is 14.5 Å². The third-order valence-corrected chi connectivity index (χ3v) is 8.53. The molecule has 0 unspecified atom stereocenters. The first-order valence-electron chi connectivity index (χ1n) is 13.5. The van der Waals surface area contributed by atoms with Gasteiger partial charge in [-0.15, -0.1) is 0 Å². The van der Waals surface area contributed by atoms with Gasteiger partial charge in [-0.05, 0) is 51.8 Å². The lowest BCUT2D eigenvalue weighted by Gasteiger charge is -2.39. The van der Waals surface area contributed by atoms with E-state index in [0.29, 0.717) is 6.73 Å². The molecule has 0 spiro atoms. The van der Waals surface area contributed by atoms with E-state index in [1.807, 2.05) is 40.1 Å². The number of carbonyl (C=O) groups excluding carboxylic acids is 1. The number of nitrogens with zero attached hydrogens (tertiary/aromatic N) is 6. The highest BCUT2D eigenvalue weighted by Gasteiger charge is 2.30. The van der Waals surface area contributed by atoms with Crippen LogP contribution in [0.25, 0.3) is 22.2 Å². The largest absolute Gasteiger partial charge is 0.444 e. The van der Waals surface area contributed by atoms with Crippen LogP contribution in [-0.4, -0.2) is 77.2 Å². The predicted octanol–water partition coefficient (Wildman–Crippen LogP) is 5.64. The molecule has 4 heterocycles. The van der Waals surface area contributed by atoms with Gasteiger partial charge in [0.2, 0.25) is 0 Å². The normalized spacial score (nSPS) is 16.6. The van der Waals surface area contributed by atoms with Crippen molar-refractivity contribution in [3.8, 4) is 11.1 Å². The molecule has 1 atom stereocenters. The average molecular weight is 539 g/mol. The summed E-state index contributed by atoms with van der Waals surface area (Å²) in [5.41, 5.74) is 3.49. The molecule has 0 bridgehead atoms. The Hall–Kier alpha value is -2.98. The van der Waals surface area contributed by atoms with Gasteiger partial charge >= 0.3 is 6.09 Å². The lowest BCUT2D eigenvalue weighted by Crippen LogP contribution is -2.49. The molecule has 3 aromatic heterocycles. The maximum atomic E-state index is 12.8. The van der Waals surface area contributed by atoms with E-state index >= 15 is 0 Å². The number of fused-ring (bicyclic) bond motifs is 1. The van der Waals surface area contributed by atoms with E-state index in [-0.39, 0.29) is 12.1 Å². The van der Waals surface area contributed by atoms with E-state index in [2.05, 4.69) is 51.6 Å². The summed E-state index contributed by atoms with van der Waals surface area (Å²) in [5.74, 6) is 0. The van der Waals surface area contributed by atoms with Crippen molar-refractivity contribution < 1.29 is 14.3 Å². The molecule has 0 aromatic carbocycles. The number of hydrogen-bond acceptors (Lipinski definition) is 7. The van der Waals surface area contributed by atoms with Gasteiger partial charge in [-0.3, -0.25) is 0 Å². The summed E-state index contributed by atoms with van der Waals surface area (Å²) in [7, 11) is 0.666. The van der Waals surface area contributed by atoms with Gasteiger partial charge in [-0.2, -0.15) is 10.2 Å². The summed E-state index contributed by atoms with van der Waals surface area (Å²) in [6.07, 6.45) is 9.12. The monoisotopic (exact) mass is 538 g/mol. The second kappa shape index (κ2) is 11.4. The molecule has 0 saturated carbocycles. The zero-order chi connectivity index (χ0) is 27.5. The standard InChI is InChI=1S/C28H42N6O3Si/c1-28(2,3)37-27(35)32(4)22-9-8-14-33(18-22)24-11-12-29-26-25(24)23(21-10-13-30-31-17-21)19-34(26)20-36-15-16-38(5,6)7/h10-13,17,19,22H,8-9,14-16,18,20H2,1-7H3/t22-/m0/s1. The van der Waals surface area contributed by atoms with Crippen LogP contribution in [0, 0.1) is 0 Å². The molecule has 3 aromatic rings. The maximum Gasteiger partial charge on any atom is 0.410 e. The molecule has 1 fully saturated rings. The molecule has 1 saturated heterocycles. The van der Waals surface area contributed by atoms with Crippen molar-refractivity contribution in [1.82, 2.24) is 24.6 Å². The number of anilines is 1. The van der Waals surface area contributed by atoms with Crippen LogP contribution in [0.1, 0.15) is 33.6 Å². The summed E-state index contributed by atoms with van der Waals surface area (Å²) < 4.78 is 13.8. The fourth-order valence-corrected chi connectivity index (χ4v) is 5.50. The topological polar surface area (TPSA) is 85.6 Å². The number of rotatable bonds is 8. The van der Waals surface area contributed by atoms with Crippen LogP contribution < -0.4 is 4.90 Å². The summed E-state index contributed by atoms with van der Waals surface area (Å²) in [6, 6.07) is 5.23. The number of pyridine rings is 1. The van der Waals surface area contributed by atoms with Crippen molar-refractivity contribution in [1.29, 1.82) is 0 Å². The molecule has 1 amide bonds. The first-order chi connectivity index (χ1) is 17.9. The van der Waals surface area contributed by atoms with Crippen molar-refractivity contribution in [2.24, 2.45) is 0 Å². The Morgan fingerprint density at radius 3 is 2.66 bits per heavy atom. The molecule has 10 heteroatoms. The zero-order valence-corrected chi connectivity index (χ0v) is 24.9. The minimum atomic E-state index is -1.17. The van der Waals surface area contributed by atoms with Crippen molar-refractivity contribution in [2.45, 2.75) is 77.7 Å². The van der Waals surface area contributed by atoms with Gasteiger partial charge in [-0.25, -0.2) is 9.78 Å². The van der Waals surface area contributed by atoms with Crippen LogP contribution in [0.2, 0.25) is 25.7 Å². The Labute approximate surface area is 227 Å². The van der Waals surface area contributed by atoms with E-state index < -0.39 is 13.7 Å². The lowest BCUT2D eigenvalue weighted by atomic mass is 10.0. The van der Waals surface area contributed by atoms with Gasteiger partial charge < -0.3 is 23.8 Å². The second-order valence-electron chi connectivity index (χ2n) is 12.4. The van der Waals surface area contributed by atoms with Crippen LogP contribution in [0.4, 0.5) is 10.5 Å². The number of hydrogen-bond donors (Lipinski definition) is 0. The van der Waals surface area contributed by atoms with E-state index in [1.54, 1.807) is 17.3 Å². The fraction of sp³-hybridized carbons (Fsp3) is 0.571. The molecule has 206 valence electrons. The number of ether oxygens (including phenoxy) is 2. The Balaban J connectivity index is 1.65. The molecule has 1 aliphatic heterocycles. The number of aromatic nitrogens is 4. The molecular formula is C28H42N6O3Si. The SMILES string of the molecule is CN(C(=O)OC(C)(C)C)[C@H]1CCCN(c2ccnc3c2c(-c2ccnnc2)cn3COCC[Si](C)(C)C)C1. The number of carbonyl (C=O) groups is 1. The minimum Gasteiger partial charge on any atom is -0.444 e. The molecule has 0 N–H and O–H groups in total. The fourth-order valence-electron chi connectivity index (χ4n) is 4.74. The van der Waals surface area contributed by atoms with Crippen molar-refractivity contribution in [3.05, 3.63) is 36.9 Å². The van der Waals surface area contributed by atoms with Gasteiger partial charge in [0.15, 0.2) is 0 Å². The Kier molecular flexibility index (Phi) is 8.42. The summed E-state index contributed by atoms with van der Waals surface area (Å²) in [6.45, 7) is 15.6. The summed E-state index contributed by atoms with van der Waals surface area (Å²) >= 11 is 0. The Morgan fingerprint density at radius 1 is 1.18 bits per heavy atom. The number of piperidine rings is 1. The molecule has 0 radical (unpaired) electrons. The highest BCUT2D eigenvalue weighted by Crippen LogP contribution is 2.37. The zero-order valence-electron chi connectivity index (χ0n) is 23.9. The highest BCUT2D eigenvalue weighted by molar-refractivity contribution is 6.76. The Morgan fingerprint density at radius 2 is 1.97 bits per heavy atom. The molecule has 38 heavy (non-hydrogen) atoms. The van der Waals surface area contributed by atoms with Gasteiger partial charge in [0.05, 0.1) is 29.5 Å². The minimum absolute atomic E-state index is 0.0554. The molecule has 4 rings (SSSR count). The smallest absolute Gasteiger partial charge is 0.410 e. The summed E-state index contributed by atoms with van der Waals surface area (Å²) in [4.78, 5) is 21.7. The van der Waals surface area contributed by atoms with Crippen molar-refractivity contribution in [2.75, 3.05) is 31.6 Å². The quantitative estimate of drug-likeness (QED) is 0.271. The predicted molar refractivity (Wildman–Crippen MR) is 154 cm³/mol. The van der Waals surface area contributed by atoms with E-state index in [0.717, 1.165) is 66.4 Å². The second-order valence-corrected chi connectivity index (χ2v) is 18.0. The van der Waals surface area contributed by atoms with Gasteiger partial charge in [0.25, 0.3) is 0 Å². The molecule has 1 aliphatic rings. The van der Waals surface area contributed by atoms with Crippen molar-refractivity contribution in [3.63, 3.8) is 0 Å². The maximum absolute atomic E-state index is 12.8. The van der Waals surface area contributed by atoms with Gasteiger partial charge in [0, 0.05) is 58.3 Å². The van der Waals surface area contributed by atoms with Crippen LogP contribution in [0.3, 0.4) is 0 Å². The van der Waals surface area contributed by atoms with E-state index in [1.165, 1.54) is 0 Å². The molecular weight excluding hydrogens is 496 g/mol. The highest BCUT2D eigenvalue weighted by atomic mass is 28.3. The van der Waals surface area contributed by atoms with Gasteiger partial charge in [0.1, 0.15) is 18.0 Å². The van der Waals surface area contributed by atoms with Crippen LogP contribution in [0.15, 0.2) is 36.9 Å². The average Bonchev–Trinajstić information content (AvgIpc) is 3.24. The Bertz CT molecular complexity index is 1240. The van der Waals surface area contributed by atoms with Crippen molar-refractivity contribution >= 4 is 30.9 Å². The number of amides is 1. The van der Waals surface area contributed by atoms with Gasteiger partial charge in [-0.1, -0.05) is 19.6 Å². The van der Waals surface area contributed by atoms with Crippen LogP contribution in [0.5, 0.6) is 0 Å². The third-order valence-electron chi connectivity index (χ3n) is 6.82. The molecule has 9 nitrogen and oxygen atoms in total. The first kappa shape index (κ1) is 28.0. The third kappa shape index (κ3) is 6.90. The number of likely N-dealkylation sites (N-methyl/N-ethyl adjacent to an activating group) is 1. The van der Waals surface area contributed by atoms with Crippen LogP contribution >= 0.6 is 0 Å². The first-order valence-corrected chi connectivity index (χ1v) is 17.2.